The van der Waals surface area contributed by atoms with Gasteiger partial charge in [-0.25, -0.2) is 13.8 Å². The summed E-state index contributed by atoms with van der Waals surface area (Å²) in [6.45, 7) is 12.1. The van der Waals surface area contributed by atoms with Crippen molar-refractivity contribution < 1.29 is 79.7 Å². The summed E-state index contributed by atoms with van der Waals surface area (Å²) >= 11 is 0. The van der Waals surface area contributed by atoms with Crippen molar-refractivity contribution in [1.82, 2.24) is 10.2 Å². The lowest BCUT2D eigenvalue weighted by molar-refractivity contribution is -0.136. The van der Waals surface area contributed by atoms with Crippen LogP contribution in [0, 0.1) is 35.7 Å². The summed E-state index contributed by atoms with van der Waals surface area (Å²) in [6.07, 6.45) is 3.00. The third-order valence-electron chi connectivity index (χ3n) is 12.3. The Morgan fingerprint density at radius 3 is 1.77 bits per heavy atom. The van der Waals surface area contributed by atoms with Gasteiger partial charge in [0.1, 0.15) is 5.84 Å². The number of nitrogens with zero attached hydrogens (tertiary/aromatic N) is 4. The predicted octanol–water partition coefficient (Wildman–Crippen LogP) is 7.16. The van der Waals surface area contributed by atoms with E-state index in [0.717, 1.165) is 6.42 Å². The number of amidine groups is 1. The summed E-state index contributed by atoms with van der Waals surface area (Å²) in [7, 11) is 0. The van der Waals surface area contributed by atoms with Gasteiger partial charge in [-0.15, -0.1) is 0 Å². The van der Waals surface area contributed by atoms with E-state index in [-0.39, 0.29) is 55.9 Å². The van der Waals surface area contributed by atoms with Crippen molar-refractivity contribution in [3.63, 3.8) is 0 Å². The lowest BCUT2D eigenvalue weighted by Crippen LogP contribution is -2.36. The Bertz CT molecular complexity index is 2820. The number of aryl methyl sites for hydroxylation is 1. The highest BCUT2D eigenvalue weighted by Gasteiger charge is 2.23. The Morgan fingerprint density at radius 2 is 1.21 bits per heavy atom. The van der Waals surface area contributed by atoms with E-state index in [1.54, 1.807) is 47.4 Å². The number of fused-ring (bicyclic) bond motifs is 1. The zero-order valence-electron chi connectivity index (χ0n) is 49.6. The maximum absolute atomic E-state index is 14.0. The van der Waals surface area contributed by atoms with Crippen molar-refractivity contribution in [1.29, 1.82) is 5.26 Å². The van der Waals surface area contributed by atoms with Crippen LogP contribution >= 0.6 is 0 Å². The average molecular weight is 1220 g/mol. The van der Waals surface area contributed by atoms with Crippen molar-refractivity contribution in [3.8, 4) is 11.8 Å². The zero-order valence-corrected chi connectivity index (χ0v) is 49.6. The third kappa shape index (κ3) is 28.4. The number of halogens is 3. The minimum atomic E-state index is -1.56. The fourth-order valence-corrected chi connectivity index (χ4v) is 8.01. The molecular weight excluding hydrogens is 1140 g/mol. The van der Waals surface area contributed by atoms with E-state index in [1.165, 1.54) is 6.92 Å². The molecule has 0 unspecified atom stereocenters. The number of esters is 1. The molecule has 4 aromatic carbocycles. The highest BCUT2D eigenvalue weighted by atomic mass is 19.2. The van der Waals surface area contributed by atoms with Gasteiger partial charge < -0.3 is 78.7 Å². The number of rotatable bonds is 44. The maximum Gasteiger partial charge on any atom is 0.313 e. The van der Waals surface area contributed by atoms with Crippen molar-refractivity contribution in [2.24, 2.45) is 15.7 Å². The van der Waals surface area contributed by atoms with Gasteiger partial charge in [-0.3, -0.25) is 19.4 Å². The number of carbonyl (C=O) groups excluding carboxylic acids is 3. The monoisotopic (exact) mass is 1220 g/mol. The molecule has 0 spiro atoms. The molecule has 0 radical (unpaired) electrons. The number of anilines is 2. The van der Waals surface area contributed by atoms with Gasteiger partial charge >= 0.3 is 5.97 Å². The van der Waals surface area contributed by atoms with E-state index in [9.17, 15) is 32.8 Å². The fourth-order valence-electron chi connectivity index (χ4n) is 8.01. The Hall–Kier alpha value is -7.35. The Balaban J connectivity index is 0.817. The van der Waals surface area contributed by atoms with Crippen LogP contribution in [0.15, 0.2) is 94.4 Å². The number of ether oxygens (including phenoxy) is 11. The second-order valence-corrected chi connectivity index (χ2v) is 19.1. The molecule has 1 aliphatic rings. The molecule has 0 aliphatic carbocycles. The highest BCUT2D eigenvalue weighted by Crippen LogP contribution is 2.30. The molecular formula is C62H81F3N8O14. The Kier molecular flexibility index (Phi) is 34.4. The van der Waals surface area contributed by atoms with Gasteiger partial charge in [-0.2, -0.15) is 9.65 Å². The third-order valence-corrected chi connectivity index (χ3v) is 12.3. The number of amides is 2. The molecule has 1 heterocycles. The van der Waals surface area contributed by atoms with E-state index in [0.29, 0.717) is 196 Å². The summed E-state index contributed by atoms with van der Waals surface area (Å²) in [4.78, 5) is 50.0. The molecule has 25 heteroatoms. The first-order valence-corrected chi connectivity index (χ1v) is 29.0. The van der Waals surface area contributed by atoms with Crippen LogP contribution in [0.25, 0.3) is 6.08 Å². The maximum atomic E-state index is 14.0. The highest BCUT2D eigenvalue weighted by molar-refractivity contribution is 6.08. The van der Waals surface area contributed by atoms with Gasteiger partial charge in [-0.05, 0) is 79.9 Å². The van der Waals surface area contributed by atoms with Crippen molar-refractivity contribution in [2.45, 2.75) is 39.5 Å². The van der Waals surface area contributed by atoms with Crippen LogP contribution in [0.3, 0.4) is 0 Å². The molecule has 2 amide bonds. The zero-order chi connectivity index (χ0) is 62.1. The number of para-hydroxylation sites is 1. The van der Waals surface area contributed by atoms with Gasteiger partial charge in [0.2, 0.25) is 17.5 Å². The number of nitrogens with two attached hydrogens (primary N) is 1. The standard InChI is InChI=1S/C62H81F3N8O14/c1-3-18-73(61(76)50-42-48-13-14-49(43-54(48)72-55(67)44-50)60(75)70-51-10-5-4-6-11-51)19-8-16-68-62(71-52-12-7-9-47(41-52)45-66)69-17-21-78-23-25-80-27-29-82-31-33-84-35-37-86-39-38-85-36-34-83-32-30-81-28-26-79-24-22-77-20-15-56(74)87-59-57(64)46(2)40-53(63)58(59)65/h4-7,9-14,40-43H,3,8,15-39,44H2,1-2H3,(H2,67,72)(H,70,75)(H2,68,69,71). The van der Waals surface area contributed by atoms with Crippen molar-refractivity contribution in [3.05, 3.63) is 124 Å². The van der Waals surface area contributed by atoms with Gasteiger partial charge in [0.05, 0.1) is 156 Å². The molecule has 0 fully saturated rings. The SMILES string of the molecule is CCCN(CCCN=C(NCCOCCOCCOCCOCCOCCOCCOCCOCCOCCOCCC(=O)Oc1c(F)c(C)cc(F)c1F)Nc1cccc(C#N)c1)C(=O)C1=Cc2ccc(C(=O)Nc3ccccc3)cc2N=C(N)C1. The van der Waals surface area contributed by atoms with E-state index >= 15 is 0 Å². The molecule has 5 rings (SSSR count). The van der Waals surface area contributed by atoms with E-state index < -0.39 is 29.2 Å². The van der Waals surface area contributed by atoms with Crippen LogP contribution < -0.4 is 26.4 Å². The summed E-state index contributed by atoms with van der Waals surface area (Å²) < 4.78 is 101. The topological polar surface area (TPSA) is 267 Å². The normalized spacial score (nSPS) is 12.2. The van der Waals surface area contributed by atoms with Crippen LogP contribution in [0.5, 0.6) is 5.75 Å². The Morgan fingerprint density at radius 1 is 0.655 bits per heavy atom. The molecule has 87 heavy (non-hydrogen) atoms. The van der Waals surface area contributed by atoms with Gasteiger partial charge in [0.25, 0.3) is 5.91 Å². The van der Waals surface area contributed by atoms with E-state index in [1.807, 2.05) is 43.3 Å². The van der Waals surface area contributed by atoms with Crippen LogP contribution in [-0.2, 0) is 57.0 Å². The fraction of sp³-hybridized carbons (Fsp3) is 0.484. The average Bonchev–Trinajstić information content (AvgIpc) is 3.02. The van der Waals surface area contributed by atoms with Crippen molar-refractivity contribution in [2.75, 3.05) is 169 Å². The molecule has 0 atom stereocenters. The number of benzene rings is 4. The first-order chi connectivity index (χ1) is 42.4. The first kappa shape index (κ1) is 70.4. The number of carbonyl (C=O) groups is 3. The smallest absolute Gasteiger partial charge is 0.313 e. The molecule has 0 saturated heterocycles. The van der Waals surface area contributed by atoms with E-state index in [4.69, 9.17) is 58.1 Å². The number of guanidine groups is 1. The van der Waals surface area contributed by atoms with Crippen LogP contribution in [0.4, 0.5) is 30.2 Å². The second-order valence-electron chi connectivity index (χ2n) is 19.1. The Labute approximate surface area is 506 Å². The lowest BCUT2D eigenvalue weighted by atomic mass is 10.0. The van der Waals surface area contributed by atoms with Gasteiger partial charge in [-0.1, -0.05) is 37.3 Å². The molecule has 5 N–H and O–H groups in total. The molecule has 0 aromatic heterocycles. The molecule has 474 valence electrons. The molecule has 0 saturated carbocycles. The summed E-state index contributed by atoms with van der Waals surface area (Å²) in [5.74, 6) is -5.69. The second kappa shape index (κ2) is 42.5. The number of hydrogen-bond acceptors (Lipinski definition) is 18. The largest absolute Gasteiger partial charge is 0.420 e. The van der Waals surface area contributed by atoms with Crippen molar-refractivity contribution >= 4 is 52.7 Å². The molecule has 0 bridgehead atoms. The van der Waals surface area contributed by atoms with Crippen LogP contribution in [0.2, 0.25) is 0 Å². The summed E-state index contributed by atoms with van der Waals surface area (Å²) in [5, 5.41) is 18.9. The first-order valence-electron chi connectivity index (χ1n) is 29.0. The number of aliphatic imine (C=N–C) groups is 2. The molecule has 22 nitrogen and oxygen atoms in total. The minimum Gasteiger partial charge on any atom is -0.420 e. The van der Waals surface area contributed by atoms with Crippen LogP contribution in [0.1, 0.15) is 59.7 Å². The van der Waals surface area contributed by atoms with Gasteiger partial charge in [0.15, 0.2) is 17.6 Å². The van der Waals surface area contributed by atoms with Crippen LogP contribution in [-0.4, -0.2) is 193 Å². The predicted molar refractivity (Wildman–Crippen MR) is 321 cm³/mol. The minimum absolute atomic E-state index is 0.0722. The van der Waals surface area contributed by atoms with Gasteiger partial charge in [0, 0.05) is 60.7 Å². The number of hydrogen-bond donors (Lipinski definition) is 4. The quantitative estimate of drug-likeness (QED) is 0.00854. The lowest BCUT2D eigenvalue weighted by Gasteiger charge is -2.23. The number of nitriles is 1. The summed E-state index contributed by atoms with van der Waals surface area (Å²) in [6, 6.07) is 24.3. The van der Waals surface area contributed by atoms with E-state index in [2.05, 4.69) is 31.7 Å². The molecule has 1 aliphatic heterocycles. The number of nitrogens with one attached hydrogen (secondary N) is 3. The molecule has 4 aromatic rings. The summed E-state index contributed by atoms with van der Waals surface area (Å²) in [5.41, 5.74) is 10.2.